The molecule has 138 valence electrons. The summed E-state index contributed by atoms with van der Waals surface area (Å²) in [5.41, 5.74) is 1.77. The topological polar surface area (TPSA) is 56.4 Å². The van der Waals surface area contributed by atoms with E-state index in [2.05, 4.69) is 9.88 Å². The van der Waals surface area contributed by atoms with Crippen molar-refractivity contribution < 1.29 is 9.59 Å². The van der Waals surface area contributed by atoms with E-state index in [1.165, 1.54) is 0 Å². The maximum Gasteiger partial charge on any atom is 0.225 e. The number of nitrogens with zero attached hydrogens (tertiary/aromatic N) is 2. The first-order valence-electron chi connectivity index (χ1n) is 9.78. The maximum atomic E-state index is 13.0. The van der Waals surface area contributed by atoms with Crippen LogP contribution in [0.25, 0.3) is 10.9 Å². The van der Waals surface area contributed by atoms with Gasteiger partial charge in [-0.3, -0.25) is 14.5 Å². The highest BCUT2D eigenvalue weighted by Crippen LogP contribution is 2.25. The number of aromatic nitrogens is 1. The molecule has 0 radical (unpaired) electrons. The molecule has 3 heterocycles. The molecule has 1 aromatic heterocycles. The molecule has 2 aliphatic heterocycles. The highest BCUT2D eigenvalue weighted by atomic mass is 16.2. The fourth-order valence-corrected chi connectivity index (χ4v) is 4.40. The molecule has 5 nitrogen and oxygen atoms in total. The van der Waals surface area contributed by atoms with Crippen molar-refractivity contribution in [1.82, 2.24) is 14.8 Å². The Kier molecular flexibility index (Phi) is 4.81. The van der Waals surface area contributed by atoms with Crippen molar-refractivity contribution in [3.05, 3.63) is 36.0 Å². The van der Waals surface area contributed by atoms with E-state index in [0.717, 1.165) is 68.3 Å². The summed E-state index contributed by atoms with van der Waals surface area (Å²) in [5, 5.41) is 0.989. The van der Waals surface area contributed by atoms with Crippen molar-refractivity contribution in [3.63, 3.8) is 0 Å². The number of piperidine rings is 1. The molecule has 0 saturated carbocycles. The molecular weight excluding hydrogens is 326 g/mol. The number of hydrogen-bond donors (Lipinski definition) is 1. The van der Waals surface area contributed by atoms with Crippen LogP contribution in [0.5, 0.6) is 0 Å². The molecule has 0 aliphatic carbocycles. The zero-order valence-corrected chi connectivity index (χ0v) is 15.4. The standard InChI is InChI=1S/C21H27N3O2/c1-15(20(25)18-14-22-19-7-3-2-6-17(18)19)23-12-8-16(9-13-23)21(26)24-10-4-5-11-24/h2-3,6-7,14-16,22H,4-5,8-13H2,1H3/t15-/m0/s1. The van der Waals surface area contributed by atoms with Gasteiger partial charge in [0.15, 0.2) is 5.78 Å². The van der Waals surface area contributed by atoms with E-state index in [1.807, 2.05) is 42.3 Å². The van der Waals surface area contributed by atoms with Crippen LogP contribution in [0.1, 0.15) is 43.0 Å². The van der Waals surface area contributed by atoms with Crippen LogP contribution in [0.3, 0.4) is 0 Å². The van der Waals surface area contributed by atoms with Gasteiger partial charge in [-0.15, -0.1) is 0 Å². The zero-order chi connectivity index (χ0) is 18.1. The van der Waals surface area contributed by atoms with Gasteiger partial charge in [0.25, 0.3) is 0 Å². The molecule has 0 spiro atoms. The van der Waals surface area contributed by atoms with Gasteiger partial charge in [0.1, 0.15) is 0 Å². The van der Waals surface area contributed by atoms with E-state index in [1.54, 1.807) is 0 Å². The number of hydrogen-bond acceptors (Lipinski definition) is 3. The molecule has 2 aromatic rings. The number of H-pyrrole nitrogens is 1. The molecule has 2 fully saturated rings. The fourth-order valence-electron chi connectivity index (χ4n) is 4.40. The average molecular weight is 353 g/mol. The molecule has 2 aliphatic rings. The summed E-state index contributed by atoms with van der Waals surface area (Å²) in [6.45, 7) is 5.48. The number of rotatable bonds is 4. The number of nitrogens with one attached hydrogen (secondary N) is 1. The number of carbonyl (C=O) groups excluding carboxylic acids is 2. The lowest BCUT2D eigenvalue weighted by Gasteiger charge is -2.36. The second kappa shape index (κ2) is 7.23. The van der Waals surface area contributed by atoms with Gasteiger partial charge in [0.2, 0.25) is 5.91 Å². The minimum absolute atomic E-state index is 0.139. The minimum Gasteiger partial charge on any atom is -0.360 e. The average Bonchev–Trinajstić information content (AvgIpc) is 3.36. The van der Waals surface area contributed by atoms with Crippen LogP contribution >= 0.6 is 0 Å². The number of carbonyl (C=O) groups is 2. The number of likely N-dealkylation sites (tertiary alicyclic amines) is 2. The Bertz CT molecular complexity index is 798. The van der Waals surface area contributed by atoms with Crippen molar-refractivity contribution >= 4 is 22.6 Å². The van der Waals surface area contributed by atoms with Crippen LogP contribution in [-0.4, -0.2) is 58.7 Å². The van der Waals surface area contributed by atoms with Crippen molar-refractivity contribution in [2.75, 3.05) is 26.2 Å². The molecule has 1 aromatic carbocycles. The Morgan fingerprint density at radius 1 is 1.08 bits per heavy atom. The van der Waals surface area contributed by atoms with Crippen molar-refractivity contribution in [1.29, 1.82) is 0 Å². The van der Waals surface area contributed by atoms with Gasteiger partial charge in [-0.1, -0.05) is 18.2 Å². The molecule has 1 N–H and O–H groups in total. The number of fused-ring (bicyclic) bond motifs is 1. The van der Waals surface area contributed by atoms with Crippen molar-refractivity contribution in [2.24, 2.45) is 5.92 Å². The molecule has 5 heteroatoms. The highest BCUT2D eigenvalue weighted by molar-refractivity contribution is 6.10. The van der Waals surface area contributed by atoms with Gasteiger partial charge >= 0.3 is 0 Å². The number of amides is 1. The lowest BCUT2D eigenvalue weighted by atomic mass is 9.93. The Morgan fingerprint density at radius 3 is 2.50 bits per heavy atom. The van der Waals surface area contributed by atoms with Crippen molar-refractivity contribution in [2.45, 2.75) is 38.6 Å². The van der Waals surface area contributed by atoms with Crippen LogP contribution < -0.4 is 0 Å². The molecule has 4 rings (SSSR count). The van der Waals surface area contributed by atoms with E-state index in [-0.39, 0.29) is 17.7 Å². The van der Waals surface area contributed by atoms with Gasteiger partial charge in [-0.2, -0.15) is 0 Å². The summed E-state index contributed by atoms with van der Waals surface area (Å²) in [6, 6.07) is 7.77. The molecule has 26 heavy (non-hydrogen) atoms. The normalized spacial score (nSPS) is 20.6. The summed E-state index contributed by atoms with van der Waals surface area (Å²) in [4.78, 5) is 33.0. The molecule has 1 amide bonds. The van der Waals surface area contributed by atoms with Gasteiger partial charge in [0, 0.05) is 41.7 Å². The Labute approximate surface area is 154 Å². The van der Waals surface area contributed by atoms with E-state index < -0.39 is 0 Å². The Morgan fingerprint density at radius 2 is 1.77 bits per heavy atom. The highest BCUT2D eigenvalue weighted by Gasteiger charge is 2.33. The smallest absolute Gasteiger partial charge is 0.225 e. The third-order valence-corrected chi connectivity index (χ3v) is 6.08. The third kappa shape index (κ3) is 3.16. The number of benzene rings is 1. The van der Waals surface area contributed by atoms with E-state index in [9.17, 15) is 9.59 Å². The second-order valence-corrected chi connectivity index (χ2v) is 7.63. The van der Waals surface area contributed by atoms with Crippen LogP contribution in [0.4, 0.5) is 0 Å². The monoisotopic (exact) mass is 353 g/mol. The predicted octanol–water partition coefficient (Wildman–Crippen LogP) is 3.07. The number of ketones is 1. The largest absolute Gasteiger partial charge is 0.360 e. The first kappa shape index (κ1) is 17.3. The number of aromatic amines is 1. The SMILES string of the molecule is C[C@@H](C(=O)c1c[nH]c2ccccc12)N1CCC(C(=O)N2CCCC2)CC1. The van der Waals surface area contributed by atoms with Gasteiger partial charge < -0.3 is 9.88 Å². The van der Waals surface area contributed by atoms with Gasteiger partial charge in [-0.05, 0) is 51.8 Å². The fraction of sp³-hybridized carbons (Fsp3) is 0.524. The summed E-state index contributed by atoms with van der Waals surface area (Å²) < 4.78 is 0. The molecule has 0 bridgehead atoms. The van der Waals surface area contributed by atoms with E-state index in [0.29, 0.717) is 5.91 Å². The molecule has 2 saturated heterocycles. The van der Waals surface area contributed by atoms with Gasteiger partial charge in [0.05, 0.1) is 6.04 Å². The number of Topliss-reactive ketones (excluding diaryl/α,β-unsaturated/α-hetero) is 1. The first-order chi connectivity index (χ1) is 12.6. The quantitative estimate of drug-likeness (QED) is 0.860. The van der Waals surface area contributed by atoms with Crippen LogP contribution in [-0.2, 0) is 4.79 Å². The van der Waals surface area contributed by atoms with Crippen LogP contribution in [0.15, 0.2) is 30.5 Å². The van der Waals surface area contributed by atoms with Crippen molar-refractivity contribution in [3.8, 4) is 0 Å². The molecule has 1 atom stereocenters. The van der Waals surface area contributed by atoms with Gasteiger partial charge in [-0.25, -0.2) is 0 Å². The summed E-state index contributed by atoms with van der Waals surface area (Å²) in [5.74, 6) is 0.629. The number of para-hydroxylation sites is 1. The van der Waals surface area contributed by atoms with E-state index in [4.69, 9.17) is 0 Å². The lowest BCUT2D eigenvalue weighted by molar-refractivity contribution is -0.136. The molecule has 0 unspecified atom stereocenters. The lowest BCUT2D eigenvalue weighted by Crippen LogP contribution is -2.47. The van der Waals surface area contributed by atoms with Crippen LogP contribution in [0.2, 0.25) is 0 Å². The minimum atomic E-state index is -0.156. The third-order valence-electron chi connectivity index (χ3n) is 6.08. The summed E-state index contributed by atoms with van der Waals surface area (Å²) in [6.07, 6.45) is 5.83. The zero-order valence-electron chi connectivity index (χ0n) is 15.4. The van der Waals surface area contributed by atoms with Crippen LogP contribution in [0, 0.1) is 5.92 Å². The van der Waals surface area contributed by atoms with E-state index >= 15 is 0 Å². The Hall–Kier alpha value is -2.14. The Balaban J connectivity index is 1.39. The first-order valence-corrected chi connectivity index (χ1v) is 9.78. The maximum absolute atomic E-state index is 13.0. The summed E-state index contributed by atoms with van der Waals surface area (Å²) in [7, 11) is 0. The predicted molar refractivity (Wildman–Crippen MR) is 102 cm³/mol. The summed E-state index contributed by atoms with van der Waals surface area (Å²) >= 11 is 0. The second-order valence-electron chi connectivity index (χ2n) is 7.63. The molecular formula is C21H27N3O2.